The van der Waals surface area contributed by atoms with E-state index in [0.717, 1.165) is 0 Å². The van der Waals surface area contributed by atoms with Gasteiger partial charge in [0.1, 0.15) is 43.2 Å². The molecule has 6 amide bonds. The number of phosphoric ester groups is 1. The van der Waals surface area contributed by atoms with Crippen molar-refractivity contribution in [1.29, 1.82) is 5.26 Å². The van der Waals surface area contributed by atoms with Gasteiger partial charge in [0.25, 0.3) is 0 Å². The Hall–Kier alpha value is -3.50. The third-order valence-electron chi connectivity index (χ3n) is 10.2. The molecule has 6 rings (SSSR count). The van der Waals surface area contributed by atoms with Gasteiger partial charge in [0, 0.05) is 19.3 Å². The maximum absolute atomic E-state index is 14.0. The largest absolute Gasteiger partial charge is 0.475 e. The lowest BCUT2D eigenvalue weighted by Gasteiger charge is -2.72. The predicted octanol–water partition coefficient (Wildman–Crippen LogP) is -0.190. The van der Waals surface area contributed by atoms with Crippen molar-refractivity contribution in [2.24, 2.45) is 10.8 Å². The van der Waals surface area contributed by atoms with Crippen LogP contribution in [0.4, 0.5) is 9.59 Å². The third kappa shape index (κ3) is 5.39. The Labute approximate surface area is 274 Å². The number of aliphatic hydroxyl groups is 1. The van der Waals surface area contributed by atoms with Crippen LogP contribution in [-0.4, -0.2) is 119 Å². The molecule has 0 aromatic rings. The number of phosphoric acid groups is 1. The summed E-state index contributed by atoms with van der Waals surface area (Å²) in [5, 5.41) is 24.5. The second-order valence-electron chi connectivity index (χ2n) is 12.9. The van der Waals surface area contributed by atoms with E-state index in [2.05, 4.69) is 10.6 Å². The number of esters is 1. The van der Waals surface area contributed by atoms with Crippen LogP contribution in [0.2, 0.25) is 0 Å². The number of hydrogen-bond acceptors (Lipinski definition) is 15. The lowest BCUT2D eigenvalue weighted by atomic mass is 9.42. The number of carbonyl (C=O) groups is 6. The first kappa shape index (κ1) is 34.4. The highest BCUT2D eigenvalue weighted by molar-refractivity contribution is 7.48. The number of nitrogens with one attached hydrogen (secondary N) is 2. The molecule has 5 heterocycles. The van der Waals surface area contributed by atoms with Crippen LogP contribution < -0.4 is 10.6 Å². The molecule has 6 fully saturated rings. The molecule has 48 heavy (non-hydrogen) atoms. The van der Waals surface area contributed by atoms with E-state index in [9.17, 15) is 38.4 Å². The Kier molecular flexibility index (Phi) is 8.90. The normalized spacial score (nSPS) is 41.7. The molecular weight excluding hydrogens is 661 g/mol. The van der Waals surface area contributed by atoms with Crippen LogP contribution in [0.3, 0.4) is 0 Å². The number of ether oxygens (including phenoxy) is 3. The summed E-state index contributed by atoms with van der Waals surface area (Å²) in [7, 11) is -4.58. The maximum Gasteiger partial charge on any atom is 0.475 e. The Bertz CT molecular complexity index is 1520. The number of carbonyl (C=O) groups excluding carboxylic acids is 6. The fraction of sp³-hybridized carbons (Fsp3) is 0.750. The number of urea groups is 2. The molecule has 262 valence electrons. The van der Waals surface area contributed by atoms with Crippen molar-refractivity contribution in [2.75, 3.05) is 19.8 Å². The number of nitrogens with zero attached hydrogens (tertiary/aromatic N) is 3. The van der Waals surface area contributed by atoms with Gasteiger partial charge in [0.2, 0.25) is 11.8 Å². The van der Waals surface area contributed by atoms with Crippen LogP contribution in [0.1, 0.15) is 52.9 Å². The van der Waals surface area contributed by atoms with Crippen molar-refractivity contribution in [3.05, 3.63) is 0 Å². The second-order valence-corrected chi connectivity index (χ2v) is 14.6. The lowest BCUT2D eigenvalue weighted by Crippen LogP contribution is -2.92. The van der Waals surface area contributed by atoms with Crippen molar-refractivity contribution < 1.29 is 66.2 Å². The van der Waals surface area contributed by atoms with Gasteiger partial charge in [-0.3, -0.25) is 48.4 Å². The summed E-state index contributed by atoms with van der Waals surface area (Å²) in [5.74, 6) is -2.47. The summed E-state index contributed by atoms with van der Waals surface area (Å²) >= 11 is 0. The summed E-state index contributed by atoms with van der Waals surface area (Å²) in [6.07, 6.45) is -8.16. The van der Waals surface area contributed by atoms with Crippen LogP contribution in [0.25, 0.3) is 0 Å². The number of fused-ring (bicyclic) bond motifs is 7. The highest BCUT2D eigenvalue weighted by atomic mass is 31.2. The first-order chi connectivity index (χ1) is 22.6. The molecular formula is C28H36N5O14P. The highest BCUT2D eigenvalue weighted by Crippen LogP contribution is 2.64. The molecule has 4 bridgehead atoms. The number of ketones is 1. The van der Waals surface area contributed by atoms with Crippen LogP contribution in [0.5, 0.6) is 0 Å². The molecule has 0 aromatic heterocycles. The quantitative estimate of drug-likeness (QED) is 0.169. The molecule has 0 spiro atoms. The summed E-state index contributed by atoms with van der Waals surface area (Å²) in [4.78, 5) is 80.3. The lowest BCUT2D eigenvalue weighted by molar-refractivity contribution is -0.242. The van der Waals surface area contributed by atoms with Gasteiger partial charge in [-0.15, -0.1) is 0 Å². The van der Waals surface area contributed by atoms with E-state index in [-0.39, 0.29) is 44.5 Å². The molecule has 3 N–H and O–H groups in total. The fourth-order valence-electron chi connectivity index (χ4n) is 7.53. The molecule has 0 aromatic carbocycles. The fourth-order valence-corrected chi connectivity index (χ4v) is 8.93. The van der Waals surface area contributed by atoms with Crippen LogP contribution in [0.15, 0.2) is 0 Å². The summed E-state index contributed by atoms with van der Waals surface area (Å²) in [6.45, 7) is 2.92. The Morgan fingerprint density at radius 3 is 2.19 bits per heavy atom. The summed E-state index contributed by atoms with van der Waals surface area (Å²) < 4.78 is 48.3. The molecule has 1 saturated carbocycles. The van der Waals surface area contributed by atoms with Crippen LogP contribution >= 0.6 is 7.82 Å². The SMILES string of the molecule is CC(=O)CCC(=O)OC[C@H]1O[C@@H]2C[C@@H]1OP(=O)(OCCC#N)OC[C@H]1O[C@H](C[C@@H]1O)N1C(=O)NC(=O)[C@]3(C)C1C1N2C(=O)NC(=O)[C@@]13C. The maximum atomic E-state index is 14.0. The first-order valence-corrected chi connectivity index (χ1v) is 17.0. The predicted molar refractivity (Wildman–Crippen MR) is 153 cm³/mol. The molecule has 20 heteroatoms. The van der Waals surface area contributed by atoms with Gasteiger partial charge in [-0.2, -0.15) is 5.26 Å². The van der Waals surface area contributed by atoms with Gasteiger partial charge in [0.05, 0.1) is 61.1 Å². The number of rotatable bonds is 8. The minimum Gasteiger partial charge on any atom is -0.463 e. The smallest absolute Gasteiger partial charge is 0.463 e. The number of aliphatic hydroxyl groups excluding tert-OH is 1. The zero-order chi connectivity index (χ0) is 34.8. The molecule has 1 aliphatic carbocycles. The molecule has 11 atom stereocenters. The van der Waals surface area contributed by atoms with Crippen LogP contribution in [-0.2, 0) is 51.5 Å². The number of amides is 6. The van der Waals surface area contributed by atoms with Gasteiger partial charge in [0.15, 0.2) is 0 Å². The number of hydrogen-bond donors (Lipinski definition) is 3. The van der Waals surface area contributed by atoms with Crippen molar-refractivity contribution >= 4 is 43.5 Å². The van der Waals surface area contributed by atoms with E-state index >= 15 is 0 Å². The minimum atomic E-state index is -4.58. The van der Waals surface area contributed by atoms with Crippen molar-refractivity contribution in [1.82, 2.24) is 20.4 Å². The van der Waals surface area contributed by atoms with Gasteiger partial charge in [-0.1, -0.05) is 0 Å². The van der Waals surface area contributed by atoms with Crippen molar-refractivity contribution in [2.45, 2.75) is 102 Å². The monoisotopic (exact) mass is 697 g/mol. The molecule has 6 aliphatic rings. The Balaban J connectivity index is 1.40. The van der Waals surface area contributed by atoms with Gasteiger partial charge in [-0.25, -0.2) is 14.2 Å². The topological polar surface area (TPSA) is 249 Å². The molecule has 19 nitrogen and oxygen atoms in total. The number of Topliss-reactive ketones (excluding diaryl/α,β-unsaturated/α-hetero) is 1. The highest BCUT2D eigenvalue weighted by Gasteiger charge is 2.82. The van der Waals surface area contributed by atoms with E-state index in [1.165, 1.54) is 30.6 Å². The first-order valence-electron chi connectivity index (χ1n) is 15.5. The standard InChI is InChI=1S/C28H36N5O14P/c1-13(34)5-6-20(36)42-11-17-15-10-19(46-17)33-22-21-27(2,28(22,3)24(38)31-26(33)40)23(37)30-25(39)32(21)18-9-14(35)16(45-18)12-44-48(41,47-15)43-8-4-7-29/h14-19,21-22,35H,4-6,8-12H2,1-3H3,(H,30,37,39)(H,31,38,40)/t14-,15-,16+,17+,18+,19+,21?,22?,27-,28+,48?/m0/s1. The van der Waals surface area contributed by atoms with Gasteiger partial charge in [-0.05, 0) is 20.8 Å². The van der Waals surface area contributed by atoms with Gasteiger partial charge >= 0.3 is 25.9 Å². The Morgan fingerprint density at radius 2 is 1.60 bits per heavy atom. The minimum absolute atomic E-state index is 0.0655. The van der Waals surface area contributed by atoms with Crippen LogP contribution in [0, 0.1) is 22.2 Å². The van der Waals surface area contributed by atoms with Gasteiger partial charge < -0.3 is 24.1 Å². The van der Waals surface area contributed by atoms with E-state index in [4.69, 9.17) is 33.0 Å². The molecule has 5 saturated heterocycles. The number of imide groups is 2. The van der Waals surface area contributed by atoms with E-state index in [0.29, 0.717) is 0 Å². The molecule has 0 radical (unpaired) electrons. The van der Waals surface area contributed by atoms with E-state index in [1.807, 2.05) is 6.07 Å². The van der Waals surface area contributed by atoms with E-state index < -0.39 is 111 Å². The number of nitriles is 1. The summed E-state index contributed by atoms with van der Waals surface area (Å²) in [6, 6.07) is -2.21. The van der Waals surface area contributed by atoms with Crippen molar-refractivity contribution in [3.63, 3.8) is 0 Å². The van der Waals surface area contributed by atoms with E-state index in [1.54, 1.807) is 0 Å². The van der Waals surface area contributed by atoms with Crippen molar-refractivity contribution in [3.8, 4) is 6.07 Å². The summed E-state index contributed by atoms with van der Waals surface area (Å²) in [5.41, 5.74) is -3.17. The molecule has 5 aliphatic heterocycles. The second kappa shape index (κ2) is 12.4. The average molecular weight is 698 g/mol. The Morgan fingerprint density at radius 1 is 1.00 bits per heavy atom. The zero-order valence-corrected chi connectivity index (χ0v) is 27.2. The molecule has 3 unspecified atom stereocenters. The zero-order valence-electron chi connectivity index (χ0n) is 26.3. The third-order valence-corrected chi connectivity index (χ3v) is 11.7. The average Bonchev–Trinajstić information content (AvgIpc) is 3.59.